The third-order valence-electron chi connectivity index (χ3n) is 6.16. The molecule has 0 aliphatic carbocycles. The van der Waals surface area contributed by atoms with Gasteiger partial charge in [-0.15, -0.1) is 0 Å². The Kier molecular flexibility index (Phi) is 5.47. The van der Waals surface area contributed by atoms with Crippen molar-refractivity contribution < 1.29 is 23.1 Å². The molecule has 2 heterocycles. The Labute approximate surface area is 183 Å². The average molecular weight is 445 g/mol. The highest BCUT2D eigenvalue weighted by atomic mass is 32.2. The minimum absolute atomic E-state index is 0.0337. The van der Waals surface area contributed by atoms with Crippen molar-refractivity contribution in [3.8, 4) is 5.75 Å². The average Bonchev–Trinajstić information content (AvgIpc) is 2.75. The molecule has 0 aromatic heterocycles. The molecule has 0 spiro atoms. The number of nitrogens with zero attached hydrogens (tertiary/aromatic N) is 2. The maximum absolute atomic E-state index is 13.3. The summed E-state index contributed by atoms with van der Waals surface area (Å²) in [4.78, 5) is 14.4. The summed E-state index contributed by atoms with van der Waals surface area (Å²) >= 11 is 0. The van der Waals surface area contributed by atoms with Gasteiger partial charge in [0.15, 0.2) is 0 Å². The number of benzene rings is 2. The van der Waals surface area contributed by atoms with Crippen LogP contribution in [-0.2, 0) is 14.8 Å². The zero-order chi connectivity index (χ0) is 22.4. The zero-order valence-electron chi connectivity index (χ0n) is 18.0. The van der Waals surface area contributed by atoms with Crippen LogP contribution in [0, 0.1) is 0 Å². The quantitative estimate of drug-likeness (QED) is 0.783. The molecule has 1 fully saturated rings. The second-order valence-electron chi connectivity index (χ2n) is 8.65. The fraction of sp³-hybridized carbons (Fsp3) is 0.435. The first-order chi connectivity index (χ1) is 14.6. The number of hydrogen-bond donors (Lipinski definition) is 1. The molecule has 8 heteroatoms. The second-order valence-corrected chi connectivity index (χ2v) is 10.6. The van der Waals surface area contributed by atoms with Crippen molar-refractivity contribution >= 4 is 21.6 Å². The summed E-state index contributed by atoms with van der Waals surface area (Å²) in [7, 11) is -2.34. The number of sulfonamides is 1. The van der Waals surface area contributed by atoms with E-state index in [1.165, 1.54) is 23.5 Å². The molecule has 0 radical (unpaired) electrons. The first-order valence-corrected chi connectivity index (χ1v) is 11.9. The van der Waals surface area contributed by atoms with Crippen LogP contribution in [0.2, 0.25) is 0 Å². The van der Waals surface area contributed by atoms with Crippen LogP contribution in [-0.4, -0.2) is 49.6 Å². The molecule has 166 valence electrons. The van der Waals surface area contributed by atoms with Crippen molar-refractivity contribution in [2.75, 3.05) is 17.9 Å². The van der Waals surface area contributed by atoms with E-state index in [0.717, 1.165) is 12.8 Å². The van der Waals surface area contributed by atoms with Crippen molar-refractivity contribution in [3.63, 3.8) is 0 Å². The molecule has 2 unspecified atom stereocenters. The summed E-state index contributed by atoms with van der Waals surface area (Å²) < 4.78 is 33.9. The number of piperidine rings is 1. The van der Waals surface area contributed by atoms with E-state index in [1.54, 1.807) is 49.1 Å². The highest BCUT2D eigenvalue weighted by Crippen LogP contribution is 2.45. The van der Waals surface area contributed by atoms with E-state index in [9.17, 15) is 18.3 Å². The molecule has 2 aromatic rings. The summed E-state index contributed by atoms with van der Waals surface area (Å²) in [5.74, 6) is 0.452. The standard InChI is InChI=1S/C23H28N2O5S/c1-23(2)22(27)21(25-14-8-7-11-20(25)26)18-15-17(12-13-19(18)30-23)31(28,29)24(3)16-9-5-4-6-10-16/h4-6,9-10,12-13,15,21-22,27H,7-8,11,14H2,1-3H3. The minimum atomic E-state index is -3.85. The minimum Gasteiger partial charge on any atom is -0.485 e. The fourth-order valence-electron chi connectivity index (χ4n) is 4.30. The third kappa shape index (κ3) is 3.78. The summed E-state index contributed by atoms with van der Waals surface area (Å²) in [6.07, 6.45) is 1.10. The van der Waals surface area contributed by atoms with Crippen LogP contribution in [0.5, 0.6) is 5.75 Å². The van der Waals surface area contributed by atoms with Crippen LogP contribution < -0.4 is 9.04 Å². The molecule has 0 bridgehead atoms. The van der Waals surface area contributed by atoms with Crippen LogP contribution in [0.1, 0.15) is 44.7 Å². The number of fused-ring (bicyclic) bond motifs is 1. The Morgan fingerprint density at radius 2 is 1.84 bits per heavy atom. The lowest BCUT2D eigenvalue weighted by Crippen LogP contribution is -2.55. The normalized spacial score (nSPS) is 23.1. The molecular weight excluding hydrogens is 416 g/mol. The number of para-hydroxylation sites is 1. The molecule has 7 nitrogen and oxygen atoms in total. The zero-order valence-corrected chi connectivity index (χ0v) is 18.8. The number of carbonyl (C=O) groups excluding carboxylic acids is 1. The molecule has 2 aliphatic rings. The van der Waals surface area contributed by atoms with Gasteiger partial charge in [0.05, 0.1) is 16.6 Å². The van der Waals surface area contributed by atoms with Gasteiger partial charge in [-0.05, 0) is 57.0 Å². The Hall–Kier alpha value is -2.58. The van der Waals surface area contributed by atoms with Gasteiger partial charge in [-0.25, -0.2) is 8.42 Å². The highest BCUT2D eigenvalue weighted by Gasteiger charge is 2.47. The smallest absolute Gasteiger partial charge is 0.264 e. The van der Waals surface area contributed by atoms with Crippen LogP contribution in [0.3, 0.4) is 0 Å². The first-order valence-electron chi connectivity index (χ1n) is 10.5. The summed E-state index contributed by atoms with van der Waals surface area (Å²) in [6, 6.07) is 12.8. The largest absolute Gasteiger partial charge is 0.485 e. The first kappa shape index (κ1) is 21.6. The van der Waals surface area contributed by atoms with Crippen molar-refractivity contribution in [2.24, 2.45) is 0 Å². The number of ether oxygens (including phenoxy) is 1. The predicted octanol–water partition coefficient (Wildman–Crippen LogP) is 3.10. The number of anilines is 1. The molecule has 2 aliphatic heterocycles. The number of hydrogen-bond acceptors (Lipinski definition) is 5. The van der Waals surface area contributed by atoms with Crippen molar-refractivity contribution in [1.82, 2.24) is 4.90 Å². The Bertz CT molecular complexity index is 1080. The Morgan fingerprint density at radius 1 is 1.13 bits per heavy atom. The van der Waals surface area contributed by atoms with Gasteiger partial charge in [0.25, 0.3) is 10.0 Å². The van der Waals surface area contributed by atoms with Gasteiger partial charge in [0, 0.05) is 25.6 Å². The van der Waals surface area contributed by atoms with Gasteiger partial charge in [-0.1, -0.05) is 18.2 Å². The molecule has 4 rings (SSSR count). The Morgan fingerprint density at radius 3 is 2.52 bits per heavy atom. The lowest BCUT2D eigenvalue weighted by molar-refractivity contribution is -0.147. The lowest BCUT2D eigenvalue weighted by Gasteiger charge is -2.47. The van der Waals surface area contributed by atoms with E-state index in [-0.39, 0.29) is 10.8 Å². The van der Waals surface area contributed by atoms with E-state index in [4.69, 9.17) is 4.74 Å². The van der Waals surface area contributed by atoms with Gasteiger partial charge >= 0.3 is 0 Å². The molecule has 2 atom stereocenters. The fourth-order valence-corrected chi connectivity index (χ4v) is 5.53. The van der Waals surface area contributed by atoms with E-state index < -0.39 is 27.8 Å². The molecule has 2 aromatic carbocycles. The lowest BCUT2D eigenvalue weighted by atomic mass is 9.84. The van der Waals surface area contributed by atoms with E-state index in [0.29, 0.717) is 30.0 Å². The molecular formula is C23H28N2O5S. The number of likely N-dealkylation sites (tertiary alicyclic amines) is 1. The maximum Gasteiger partial charge on any atom is 0.264 e. The number of amides is 1. The number of carbonyl (C=O) groups is 1. The van der Waals surface area contributed by atoms with Gasteiger partial charge < -0.3 is 14.7 Å². The number of aliphatic hydroxyl groups excluding tert-OH is 1. The third-order valence-corrected chi connectivity index (χ3v) is 7.94. The van der Waals surface area contributed by atoms with Crippen molar-refractivity contribution in [2.45, 2.75) is 55.8 Å². The van der Waals surface area contributed by atoms with Crippen LogP contribution in [0.25, 0.3) is 0 Å². The number of rotatable bonds is 4. The van der Waals surface area contributed by atoms with E-state index in [2.05, 4.69) is 0 Å². The predicted molar refractivity (Wildman–Crippen MR) is 117 cm³/mol. The maximum atomic E-state index is 13.3. The summed E-state index contributed by atoms with van der Waals surface area (Å²) in [5.41, 5.74) is 0.140. The van der Waals surface area contributed by atoms with Crippen LogP contribution in [0.15, 0.2) is 53.4 Å². The second kappa shape index (κ2) is 7.84. The van der Waals surface area contributed by atoms with Crippen LogP contribution in [0.4, 0.5) is 5.69 Å². The summed E-state index contributed by atoms with van der Waals surface area (Å²) in [6.45, 7) is 4.07. The SMILES string of the molecule is CN(c1ccccc1)S(=O)(=O)c1ccc2c(c1)C(N1CCCCC1=O)C(O)C(C)(C)O2. The molecule has 1 saturated heterocycles. The molecule has 0 saturated carbocycles. The van der Waals surface area contributed by atoms with Gasteiger partial charge in [-0.2, -0.15) is 0 Å². The number of aliphatic hydroxyl groups is 1. The van der Waals surface area contributed by atoms with Crippen molar-refractivity contribution in [3.05, 3.63) is 54.1 Å². The van der Waals surface area contributed by atoms with Crippen LogP contribution >= 0.6 is 0 Å². The highest BCUT2D eigenvalue weighted by molar-refractivity contribution is 7.92. The molecule has 1 amide bonds. The van der Waals surface area contributed by atoms with Gasteiger partial charge in [-0.3, -0.25) is 9.10 Å². The van der Waals surface area contributed by atoms with E-state index >= 15 is 0 Å². The summed E-state index contributed by atoms with van der Waals surface area (Å²) in [5, 5.41) is 11.1. The molecule has 1 N–H and O–H groups in total. The molecule has 31 heavy (non-hydrogen) atoms. The van der Waals surface area contributed by atoms with E-state index in [1.807, 2.05) is 6.07 Å². The Balaban J connectivity index is 1.79. The van der Waals surface area contributed by atoms with Gasteiger partial charge in [0.1, 0.15) is 17.5 Å². The monoisotopic (exact) mass is 444 g/mol. The topological polar surface area (TPSA) is 87.2 Å². The van der Waals surface area contributed by atoms with Crippen molar-refractivity contribution in [1.29, 1.82) is 0 Å². The van der Waals surface area contributed by atoms with Gasteiger partial charge in [0.2, 0.25) is 5.91 Å².